The van der Waals surface area contributed by atoms with E-state index < -0.39 is 0 Å². The molecular weight excluding hydrogens is 248 g/mol. The minimum atomic E-state index is 0.475. The van der Waals surface area contributed by atoms with Crippen LogP contribution in [0.15, 0.2) is 12.3 Å². The lowest BCUT2D eigenvalue weighted by Crippen LogP contribution is -2.55. The maximum atomic E-state index is 6.30. The molecule has 5 heteroatoms. The van der Waals surface area contributed by atoms with Crippen molar-refractivity contribution in [3.63, 3.8) is 0 Å². The van der Waals surface area contributed by atoms with Crippen molar-refractivity contribution in [3.05, 3.63) is 22.8 Å². The van der Waals surface area contributed by atoms with Crippen LogP contribution in [0.3, 0.4) is 0 Å². The van der Waals surface area contributed by atoms with Crippen molar-refractivity contribution >= 4 is 17.4 Å². The molecule has 1 aromatic heterocycles. The highest BCUT2D eigenvalue weighted by Gasteiger charge is 2.28. The molecule has 4 nitrogen and oxygen atoms in total. The molecule has 2 rings (SSSR count). The van der Waals surface area contributed by atoms with E-state index in [1.54, 1.807) is 0 Å². The molecule has 100 valence electrons. The first-order valence-corrected chi connectivity index (χ1v) is 6.72. The number of anilines is 1. The number of pyridine rings is 1. The largest absolute Gasteiger partial charge is 0.352 e. The highest BCUT2D eigenvalue weighted by atomic mass is 35.5. The van der Waals surface area contributed by atoms with Gasteiger partial charge in [0.15, 0.2) is 0 Å². The number of nitrogens with two attached hydrogens (primary N) is 1. The molecule has 1 aromatic rings. The zero-order valence-corrected chi connectivity index (χ0v) is 12.0. The average Bonchev–Trinajstić information content (AvgIpc) is 2.35. The summed E-state index contributed by atoms with van der Waals surface area (Å²) < 4.78 is 0. The molecule has 2 unspecified atom stereocenters. The van der Waals surface area contributed by atoms with Gasteiger partial charge in [0.05, 0.1) is 5.02 Å². The van der Waals surface area contributed by atoms with E-state index in [-0.39, 0.29) is 0 Å². The van der Waals surface area contributed by atoms with Gasteiger partial charge >= 0.3 is 0 Å². The second-order valence-corrected chi connectivity index (χ2v) is 5.53. The van der Waals surface area contributed by atoms with Crippen molar-refractivity contribution < 1.29 is 0 Å². The van der Waals surface area contributed by atoms with Gasteiger partial charge in [-0.2, -0.15) is 0 Å². The van der Waals surface area contributed by atoms with E-state index in [0.29, 0.717) is 23.7 Å². The summed E-state index contributed by atoms with van der Waals surface area (Å²) >= 11 is 6.30. The molecular formula is C13H21ClN4. The van der Waals surface area contributed by atoms with Crippen molar-refractivity contribution in [2.24, 2.45) is 5.73 Å². The molecule has 1 saturated heterocycles. The molecule has 0 bridgehead atoms. The van der Waals surface area contributed by atoms with Crippen molar-refractivity contribution in [3.8, 4) is 0 Å². The zero-order valence-electron chi connectivity index (χ0n) is 11.2. The van der Waals surface area contributed by atoms with Gasteiger partial charge in [0.2, 0.25) is 0 Å². The van der Waals surface area contributed by atoms with Crippen LogP contribution in [0.4, 0.5) is 5.82 Å². The van der Waals surface area contributed by atoms with E-state index in [1.807, 2.05) is 12.3 Å². The Morgan fingerprint density at radius 2 is 2.00 bits per heavy atom. The number of likely N-dealkylation sites (N-methyl/N-ethyl adjacent to an activating group) is 1. The Labute approximate surface area is 114 Å². The molecule has 1 aliphatic heterocycles. The van der Waals surface area contributed by atoms with E-state index in [9.17, 15) is 0 Å². The minimum Gasteiger partial charge on any atom is -0.352 e. The first-order chi connectivity index (χ1) is 8.52. The summed E-state index contributed by atoms with van der Waals surface area (Å²) in [5, 5.41) is 0.696. The summed E-state index contributed by atoms with van der Waals surface area (Å²) in [5.41, 5.74) is 6.56. The smallest absolute Gasteiger partial charge is 0.147 e. The van der Waals surface area contributed by atoms with Crippen LogP contribution in [0.25, 0.3) is 0 Å². The van der Waals surface area contributed by atoms with Gasteiger partial charge < -0.3 is 10.6 Å². The summed E-state index contributed by atoms with van der Waals surface area (Å²) in [4.78, 5) is 9.11. The zero-order chi connectivity index (χ0) is 13.3. The third kappa shape index (κ3) is 2.60. The Hall–Kier alpha value is -0.840. The molecule has 18 heavy (non-hydrogen) atoms. The van der Waals surface area contributed by atoms with Crippen molar-refractivity contribution in [1.29, 1.82) is 0 Å². The second kappa shape index (κ2) is 5.43. The van der Waals surface area contributed by atoms with Crippen LogP contribution < -0.4 is 10.6 Å². The Kier molecular flexibility index (Phi) is 4.10. The van der Waals surface area contributed by atoms with Crippen LogP contribution >= 0.6 is 11.6 Å². The first-order valence-electron chi connectivity index (χ1n) is 6.34. The van der Waals surface area contributed by atoms with Gasteiger partial charge in [-0.3, -0.25) is 4.90 Å². The molecule has 0 radical (unpaired) electrons. The van der Waals surface area contributed by atoms with Gasteiger partial charge in [-0.25, -0.2) is 4.98 Å². The van der Waals surface area contributed by atoms with E-state index >= 15 is 0 Å². The predicted octanol–water partition coefficient (Wildman–Crippen LogP) is 1.72. The normalized spacial score (nSPS) is 25.5. The average molecular weight is 269 g/mol. The molecule has 0 aromatic carbocycles. The SMILES string of the molecule is CC1CN(c2ncc(CN)cc2Cl)CC(C)N1C. The maximum absolute atomic E-state index is 6.30. The molecule has 1 fully saturated rings. The van der Waals surface area contributed by atoms with Crippen molar-refractivity contribution in [2.45, 2.75) is 32.5 Å². The van der Waals surface area contributed by atoms with Gasteiger partial charge in [-0.15, -0.1) is 0 Å². The minimum absolute atomic E-state index is 0.475. The first kappa shape index (κ1) is 13.6. The summed E-state index contributed by atoms with van der Waals surface area (Å²) in [6, 6.07) is 2.92. The van der Waals surface area contributed by atoms with Crippen LogP contribution in [0.1, 0.15) is 19.4 Å². The lowest BCUT2D eigenvalue weighted by molar-refractivity contribution is 0.169. The topological polar surface area (TPSA) is 45.4 Å². The van der Waals surface area contributed by atoms with E-state index in [0.717, 1.165) is 24.5 Å². The van der Waals surface area contributed by atoms with Gasteiger partial charge in [-0.05, 0) is 32.5 Å². The van der Waals surface area contributed by atoms with Crippen molar-refractivity contribution in [1.82, 2.24) is 9.88 Å². The Morgan fingerprint density at radius 1 is 1.39 bits per heavy atom. The third-order valence-corrected chi connectivity index (χ3v) is 4.05. The summed E-state index contributed by atoms with van der Waals surface area (Å²) in [7, 11) is 2.17. The molecule has 2 heterocycles. The summed E-state index contributed by atoms with van der Waals surface area (Å²) in [6.45, 7) is 6.84. The fraction of sp³-hybridized carbons (Fsp3) is 0.615. The van der Waals surface area contributed by atoms with Crippen LogP contribution in [-0.4, -0.2) is 42.1 Å². The van der Waals surface area contributed by atoms with Crippen LogP contribution in [0, 0.1) is 0 Å². The number of halogens is 1. The van der Waals surface area contributed by atoms with E-state index in [4.69, 9.17) is 17.3 Å². The molecule has 2 atom stereocenters. The molecule has 1 aliphatic rings. The van der Waals surface area contributed by atoms with E-state index in [2.05, 4.69) is 35.7 Å². The number of nitrogens with zero attached hydrogens (tertiary/aromatic N) is 3. The van der Waals surface area contributed by atoms with Gasteiger partial charge in [0, 0.05) is 37.9 Å². The van der Waals surface area contributed by atoms with E-state index in [1.165, 1.54) is 0 Å². The summed E-state index contributed by atoms with van der Waals surface area (Å²) in [5.74, 6) is 0.876. The number of hydrogen-bond acceptors (Lipinski definition) is 4. The Morgan fingerprint density at radius 3 is 2.50 bits per heavy atom. The Bertz CT molecular complexity index is 411. The molecule has 0 aliphatic carbocycles. The highest BCUT2D eigenvalue weighted by molar-refractivity contribution is 6.33. The maximum Gasteiger partial charge on any atom is 0.147 e. The number of rotatable bonds is 2. The van der Waals surface area contributed by atoms with Crippen LogP contribution in [0.5, 0.6) is 0 Å². The molecule has 2 N–H and O–H groups in total. The number of piperazine rings is 1. The van der Waals surface area contributed by atoms with Crippen LogP contribution in [0.2, 0.25) is 5.02 Å². The predicted molar refractivity (Wildman–Crippen MR) is 76.0 cm³/mol. The lowest BCUT2D eigenvalue weighted by atomic mass is 10.1. The molecule has 0 amide bonds. The lowest BCUT2D eigenvalue weighted by Gasteiger charge is -2.43. The Balaban J connectivity index is 2.21. The van der Waals surface area contributed by atoms with Crippen LogP contribution in [-0.2, 0) is 6.54 Å². The van der Waals surface area contributed by atoms with Crippen molar-refractivity contribution in [2.75, 3.05) is 25.0 Å². The molecule has 0 spiro atoms. The standard InChI is InChI=1S/C13H21ClN4/c1-9-7-18(8-10(2)17(9)3)13-12(14)4-11(5-15)6-16-13/h4,6,9-10H,5,7-8,15H2,1-3H3. The fourth-order valence-electron chi connectivity index (χ4n) is 2.39. The fourth-order valence-corrected chi connectivity index (χ4v) is 2.70. The highest BCUT2D eigenvalue weighted by Crippen LogP contribution is 2.27. The quantitative estimate of drug-likeness (QED) is 0.887. The molecule has 0 saturated carbocycles. The monoisotopic (exact) mass is 268 g/mol. The number of aromatic nitrogens is 1. The third-order valence-electron chi connectivity index (χ3n) is 3.77. The van der Waals surface area contributed by atoms with Gasteiger partial charge in [-0.1, -0.05) is 11.6 Å². The van der Waals surface area contributed by atoms with Gasteiger partial charge in [0.25, 0.3) is 0 Å². The summed E-state index contributed by atoms with van der Waals surface area (Å²) in [6.07, 6.45) is 1.81. The number of hydrogen-bond donors (Lipinski definition) is 1. The second-order valence-electron chi connectivity index (χ2n) is 5.12. The van der Waals surface area contributed by atoms with Gasteiger partial charge in [0.1, 0.15) is 5.82 Å².